The predicted molar refractivity (Wildman–Crippen MR) is 123 cm³/mol. The van der Waals surface area contributed by atoms with E-state index in [2.05, 4.69) is 10.6 Å². The van der Waals surface area contributed by atoms with E-state index in [9.17, 15) is 18.0 Å². The zero-order chi connectivity index (χ0) is 24.4. The van der Waals surface area contributed by atoms with Crippen molar-refractivity contribution in [2.45, 2.75) is 25.3 Å². The van der Waals surface area contributed by atoms with Crippen molar-refractivity contribution in [3.63, 3.8) is 0 Å². The molecule has 0 saturated heterocycles. The van der Waals surface area contributed by atoms with E-state index in [1.54, 1.807) is 24.1 Å². The molecule has 2 rings (SSSR count). The van der Waals surface area contributed by atoms with E-state index in [0.717, 1.165) is 0 Å². The van der Waals surface area contributed by atoms with Gasteiger partial charge in [0.1, 0.15) is 4.90 Å². The molecule has 0 aliphatic heterocycles. The van der Waals surface area contributed by atoms with Crippen molar-refractivity contribution in [2.24, 2.45) is 0 Å². The zero-order valence-corrected chi connectivity index (χ0v) is 19.9. The molecule has 11 heteroatoms. The molecular weight excluding hydrogens is 450 g/mol. The van der Waals surface area contributed by atoms with Crippen molar-refractivity contribution < 1.29 is 31.7 Å². The van der Waals surface area contributed by atoms with E-state index in [-0.39, 0.29) is 34.9 Å². The topological polar surface area (TPSA) is 123 Å². The van der Waals surface area contributed by atoms with Gasteiger partial charge in [0.2, 0.25) is 5.91 Å². The Bertz CT molecular complexity index is 1060. The standard InChI is InChI=1S/C22H29N3O7S/c1-5-23-22(27)25(12-13-30-3)15-17-6-11-20(31-4)21(14-17)32-33(28,29)19-9-7-18(8-10-19)24-16(2)26/h6-11,14H,5,12-13,15H2,1-4H3,(H,23,27)(H,24,26). The number of rotatable bonds is 11. The summed E-state index contributed by atoms with van der Waals surface area (Å²) in [5.74, 6) is -0.0576. The van der Waals surface area contributed by atoms with Crippen LogP contribution in [0.3, 0.4) is 0 Å². The highest BCUT2D eigenvalue weighted by molar-refractivity contribution is 7.87. The number of ether oxygens (including phenoxy) is 2. The number of amides is 3. The number of hydrogen-bond donors (Lipinski definition) is 2. The van der Waals surface area contributed by atoms with Crippen molar-refractivity contribution in [1.29, 1.82) is 0 Å². The van der Waals surface area contributed by atoms with Gasteiger partial charge in [0.05, 0.1) is 13.7 Å². The van der Waals surface area contributed by atoms with Crippen molar-refractivity contribution in [2.75, 3.05) is 39.2 Å². The van der Waals surface area contributed by atoms with Crippen LogP contribution in [0.25, 0.3) is 0 Å². The van der Waals surface area contributed by atoms with Gasteiger partial charge >= 0.3 is 16.1 Å². The second-order valence-electron chi connectivity index (χ2n) is 6.98. The molecule has 0 radical (unpaired) electrons. The fraction of sp³-hybridized carbons (Fsp3) is 0.364. The molecule has 0 saturated carbocycles. The van der Waals surface area contributed by atoms with Gasteiger partial charge in [-0.25, -0.2) is 4.79 Å². The third-order valence-corrected chi connectivity index (χ3v) is 5.69. The first-order valence-corrected chi connectivity index (χ1v) is 11.6. The highest BCUT2D eigenvalue weighted by Gasteiger charge is 2.21. The summed E-state index contributed by atoms with van der Waals surface area (Å²) in [6.45, 7) is 4.55. The number of benzene rings is 2. The summed E-state index contributed by atoms with van der Waals surface area (Å²) >= 11 is 0. The number of carbonyl (C=O) groups is 2. The molecule has 2 aromatic carbocycles. The van der Waals surface area contributed by atoms with Crippen LogP contribution >= 0.6 is 0 Å². The van der Waals surface area contributed by atoms with Crippen LogP contribution in [-0.2, 0) is 26.2 Å². The minimum Gasteiger partial charge on any atom is -0.493 e. The molecule has 0 aromatic heterocycles. The summed E-state index contributed by atoms with van der Waals surface area (Å²) in [6, 6.07) is 10.1. The number of nitrogens with one attached hydrogen (secondary N) is 2. The summed E-state index contributed by atoms with van der Waals surface area (Å²) in [7, 11) is -1.24. The number of carbonyl (C=O) groups excluding carboxylic acids is 2. The summed E-state index contributed by atoms with van der Waals surface area (Å²) in [4.78, 5) is 25.0. The zero-order valence-electron chi connectivity index (χ0n) is 19.1. The minimum absolute atomic E-state index is 0.0106. The van der Waals surface area contributed by atoms with Crippen LogP contribution in [0.4, 0.5) is 10.5 Å². The molecule has 0 heterocycles. The first-order valence-electron chi connectivity index (χ1n) is 10.2. The Morgan fingerprint density at radius 2 is 1.73 bits per heavy atom. The van der Waals surface area contributed by atoms with E-state index in [0.29, 0.717) is 30.9 Å². The highest BCUT2D eigenvalue weighted by Crippen LogP contribution is 2.31. The van der Waals surface area contributed by atoms with Gasteiger partial charge in [0.15, 0.2) is 11.5 Å². The highest BCUT2D eigenvalue weighted by atomic mass is 32.2. The number of methoxy groups -OCH3 is 2. The fourth-order valence-electron chi connectivity index (χ4n) is 2.90. The third-order valence-electron chi connectivity index (χ3n) is 4.44. The Morgan fingerprint density at radius 1 is 1.03 bits per heavy atom. The molecule has 0 unspecified atom stereocenters. The number of urea groups is 1. The second-order valence-corrected chi connectivity index (χ2v) is 8.52. The molecule has 33 heavy (non-hydrogen) atoms. The molecule has 2 aromatic rings. The van der Waals surface area contributed by atoms with Crippen molar-refractivity contribution in [1.82, 2.24) is 10.2 Å². The van der Waals surface area contributed by atoms with Gasteiger partial charge in [0, 0.05) is 39.4 Å². The van der Waals surface area contributed by atoms with E-state index >= 15 is 0 Å². The van der Waals surface area contributed by atoms with E-state index in [4.69, 9.17) is 13.7 Å². The van der Waals surface area contributed by atoms with Gasteiger partial charge in [0.25, 0.3) is 0 Å². The number of nitrogens with zero attached hydrogens (tertiary/aromatic N) is 1. The van der Waals surface area contributed by atoms with Gasteiger partial charge in [-0.05, 0) is 48.9 Å². The van der Waals surface area contributed by atoms with Crippen LogP contribution < -0.4 is 19.6 Å². The SMILES string of the molecule is CCNC(=O)N(CCOC)Cc1ccc(OC)c(OS(=O)(=O)c2ccc(NC(C)=O)cc2)c1. The average molecular weight is 480 g/mol. The van der Waals surface area contributed by atoms with Crippen LogP contribution in [0, 0.1) is 0 Å². The Labute approximate surface area is 193 Å². The summed E-state index contributed by atoms with van der Waals surface area (Å²) in [5, 5.41) is 5.31. The lowest BCUT2D eigenvalue weighted by molar-refractivity contribution is -0.114. The van der Waals surface area contributed by atoms with Gasteiger partial charge < -0.3 is 29.2 Å². The Morgan fingerprint density at radius 3 is 2.30 bits per heavy atom. The van der Waals surface area contributed by atoms with Crippen LogP contribution in [0.5, 0.6) is 11.5 Å². The Hall–Kier alpha value is -3.31. The maximum atomic E-state index is 12.8. The van der Waals surface area contributed by atoms with Crippen LogP contribution in [0.2, 0.25) is 0 Å². The minimum atomic E-state index is -4.18. The smallest absolute Gasteiger partial charge is 0.339 e. The summed E-state index contributed by atoms with van der Waals surface area (Å²) in [5.41, 5.74) is 1.10. The first kappa shape index (κ1) is 25.9. The second kappa shape index (κ2) is 12.1. The molecule has 0 bridgehead atoms. The fourth-order valence-corrected chi connectivity index (χ4v) is 3.83. The third kappa shape index (κ3) is 7.65. The lowest BCUT2D eigenvalue weighted by Crippen LogP contribution is -2.41. The van der Waals surface area contributed by atoms with Crippen molar-refractivity contribution in [3.8, 4) is 11.5 Å². The van der Waals surface area contributed by atoms with Crippen molar-refractivity contribution in [3.05, 3.63) is 48.0 Å². The molecule has 10 nitrogen and oxygen atoms in total. The van der Waals surface area contributed by atoms with Gasteiger partial charge in [-0.15, -0.1) is 0 Å². The molecule has 0 aliphatic carbocycles. The number of hydrogen-bond acceptors (Lipinski definition) is 7. The van der Waals surface area contributed by atoms with E-state index in [1.807, 2.05) is 6.92 Å². The monoisotopic (exact) mass is 479 g/mol. The number of anilines is 1. The van der Waals surface area contributed by atoms with Crippen molar-refractivity contribution >= 4 is 27.7 Å². The molecule has 180 valence electrons. The maximum Gasteiger partial charge on any atom is 0.339 e. The normalized spacial score (nSPS) is 10.9. The molecular formula is C22H29N3O7S. The molecule has 0 aliphatic rings. The molecule has 3 amide bonds. The lowest BCUT2D eigenvalue weighted by Gasteiger charge is -2.23. The molecule has 0 atom stereocenters. The molecule has 2 N–H and O–H groups in total. The predicted octanol–water partition coefficient (Wildman–Crippen LogP) is 2.60. The van der Waals surface area contributed by atoms with Gasteiger partial charge in [-0.3, -0.25) is 4.79 Å². The lowest BCUT2D eigenvalue weighted by atomic mass is 10.2. The van der Waals surface area contributed by atoms with Gasteiger partial charge in [-0.2, -0.15) is 8.42 Å². The van der Waals surface area contributed by atoms with E-state index in [1.165, 1.54) is 44.4 Å². The Balaban J connectivity index is 2.27. The Kier molecular flexibility index (Phi) is 9.49. The first-order chi connectivity index (χ1) is 15.7. The van der Waals surface area contributed by atoms with Gasteiger partial charge in [-0.1, -0.05) is 6.07 Å². The summed E-state index contributed by atoms with van der Waals surface area (Å²) in [6.07, 6.45) is 0. The van der Waals surface area contributed by atoms with Crippen LogP contribution in [0.15, 0.2) is 47.4 Å². The van der Waals surface area contributed by atoms with Crippen LogP contribution in [0.1, 0.15) is 19.4 Å². The largest absolute Gasteiger partial charge is 0.493 e. The maximum absolute atomic E-state index is 12.8. The summed E-state index contributed by atoms with van der Waals surface area (Å²) < 4.78 is 41.3. The van der Waals surface area contributed by atoms with Crippen LogP contribution in [-0.4, -0.2) is 59.2 Å². The molecule has 0 spiro atoms. The molecule has 0 fully saturated rings. The average Bonchev–Trinajstić information content (AvgIpc) is 2.76. The van der Waals surface area contributed by atoms with E-state index < -0.39 is 10.1 Å². The quantitative estimate of drug-likeness (QED) is 0.475.